The van der Waals surface area contributed by atoms with Crippen LogP contribution >= 0.6 is 0 Å². The molecular formula is C59H98O6. The zero-order valence-electron chi connectivity index (χ0n) is 42.2. The number of ether oxygens (including phenoxy) is 3. The third kappa shape index (κ3) is 51.2. The molecule has 0 aromatic rings. The molecular weight excluding hydrogens is 805 g/mol. The molecule has 0 saturated carbocycles. The Morgan fingerprint density at radius 1 is 0.338 bits per heavy atom. The van der Waals surface area contributed by atoms with Crippen molar-refractivity contribution in [2.75, 3.05) is 13.2 Å². The number of allylic oxidation sites excluding steroid dienone is 15. The monoisotopic (exact) mass is 903 g/mol. The van der Waals surface area contributed by atoms with Crippen molar-refractivity contribution in [2.45, 2.75) is 245 Å². The van der Waals surface area contributed by atoms with Crippen LogP contribution in [0.1, 0.15) is 239 Å². The molecule has 0 aliphatic heterocycles. The molecule has 0 N–H and O–H groups in total. The fraction of sp³-hybridized carbons (Fsp3) is 0.678. The van der Waals surface area contributed by atoms with E-state index in [0.29, 0.717) is 19.3 Å². The summed E-state index contributed by atoms with van der Waals surface area (Å²) in [6.07, 6.45) is 69.9. The summed E-state index contributed by atoms with van der Waals surface area (Å²) in [6.45, 7) is 6.38. The number of hydrogen-bond donors (Lipinski definition) is 0. The molecule has 0 aromatic heterocycles. The van der Waals surface area contributed by atoms with Crippen LogP contribution in [0.3, 0.4) is 0 Å². The molecule has 0 aliphatic rings. The second-order valence-electron chi connectivity index (χ2n) is 17.4. The van der Waals surface area contributed by atoms with Crippen LogP contribution in [0, 0.1) is 0 Å². The number of hydrogen-bond acceptors (Lipinski definition) is 6. The van der Waals surface area contributed by atoms with Gasteiger partial charge in [0, 0.05) is 12.8 Å². The SMILES string of the molecule is CC/C=C\C/C=C\C/C=C\C/C=C\C/C=C\CC(=O)OC(COC(=O)CCCCCCC/C=C\C/C=C\CCCC)COC(=O)CCCCCCCCC/C=C\CCCCCCCCC. The molecule has 0 radical (unpaired) electrons. The van der Waals surface area contributed by atoms with E-state index in [-0.39, 0.29) is 31.6 Å². The molecule has 0 rings (SSSR count). The highest BCUT2D eigenvalue weighted by Crippen LogP contribution is 2.13. The van der Waals surface area contributed by atoms with Gasteiger partial charge in [-0.25, -0.2) is 0 Å². The van der Waals surface area contributed by atoms with Gasteiger partial charge in [-0.1, -0.05) is 221 Å². The predicted octanol–water partition coefficient (Wildman–Crippen LogP) is 17.8. The van der Waals surface area contributed by atoms with Crippen molar-refractivity contribution in [1.29, 1.82) is 0 Å². The van der Waals surface area contributed by atoms with Crippen molar-refractivity contribution in [3.63, 3.8) is 0 Å². The first kappa shape index (κ1) is 61.3. The largest absolute Gasteiger partial charge is 0.462 e. The molecule has 0 aliphatic carbocycles. The highest BCUT2D eigenvalue weighted by atomic mass is 16.6. The second-order valence-corrected chi connectivity index (χ2v) is 17.4. The number of carbonyl (C=O) groups excluding carboxylic acids is 3. The van der Waals surface area contributed by atoms with E-state index in [4.69, 9.17) is 14.2 Å². The zero-order chi connectivity index (χ0) is 47.2. The van der Waals surface area contributed by atoms with Crippen LogP contribution in [0.25, 0.3) is 0 Å². The third-order valence-corrected chi connectivity index (χ3v) is 11.1. The number of carbonyl (C=O) groups is 3. The summed E-state index contributed by atoms with van der Waals surface area (Å²) in [7, 11) is 0. The van der Waals surface area contributed by atoms with E-state index in [0.717, 1.165) is 89.9 Å². The summed E-state index contributed by atoms with van der Waals surface area (Å²) in [5.41, 5.74) is 0. The van der Waals surface area contributed by atoms with Gasteiger partial charge in [-0.2, -0.15) is 0 Å². The Kier molecular flexibility index (Phi) is 50.0. The average molecular weight is 903 g/mol. The molecule has 0 heterocycles. The lowest BCUT2D eigenvalue weighted by Gasteiger charge is -2.18. The molecule has 0 bridgehead atoms. The fourth-order valence-corrected chi connectivity index (χ4v) is 7.06. The Hall–Kier alpha value is -3.67. The van der Waals surface area contributed by atoms with Gasteiger partial charge in [-0.05, 0) is 96.3 Å². The van der Waals surface area contributed by atoms with Crippen LogP contribution in [0.2, 0.25) is 0 Å². The minimum absolute atomic E-state index is 0.0911. The van der Waals surface area contributed by atoms with Crippen molar-refractivity contribution in [3.8, 4) is 0 Å². The Labute approximate surface area is 400 Å². The van der Waals surface area contributed by atoms with Crippen LogP contribution in [-0.4, -0.2) is 37.2 Å². The van der Waals surface area contributed by atoms with Crippen molar-refractivity contribution in [1.82, 2.24) is 0 Å². The van der Waals surface area contributed by atoms with Crippen molar-refractivity contribution < 1.29 is 28.6 Å². The lowest BCUT2D eigenvalue weighted by molar-refractivity contribution is -0.166. The van der Waals surface area contributed by atoms with Crippen molar-refractivity contribution >= 4 is 17.9 Å². The summed E-state index contributed by atoms with van der Waals surface area (Å²) >= 11 is 0. The van der Waals surface area contributed by atoms with Gasteiger partial charge in [0.1, 0.15) is 13.2 Å². The highest BCUT2D eigenvalue weighted by Gasteiger charge is 2.19. The number of esters is 3. The van der Waals surface area contributed by atoms with Gasteiger partial charge in [-0.15, -0.1) is 0 Å². The first-order valence-corrected chi connectivity index (χ1v) is 26.7. The molecule has 0 amide bonds. The molecule has 0 spiro atoms. The maximum atomic E-state index is 12.7. The summed E-state index contributed by atoms with van der Waals surface area (Å²) in [5, 5.41) is 0. The first-order chi connectivity index (χ1) is 32.0. The molecule has 1 atom stereocenters. The normalized spacial score (nSPS) is 12.8. The summed E-state index contributed by atoms with van der Waals surface area (Å²) in [4.78, 5) is 38.0. The molecule has 6 heteroatoms. The highest BCUT2D eigenvalue weighted by molar-refractivity contribution is 5.72. The quantitative estimate of drug-likeness (QED) is 0.0262. The Bertz CT molecular complexity index is 1310. The van der Waals surface area contributed by atoms with Crippen LogP contribution in [0.5, 0.6) is 0 Å². The molecule has 370 valence electrons. The van der Waals surface area contributed by atoms with Gasteiger partial charge in [-0.3, -0.25) is 14.4 Å². The minimum atomic E-state index is -0.840. The van der Waals surface area contributed by atoms with Gasteiger partial charge >= 0.3 is 17.9 Å². The van der Waals surface area contributed by atoms with E-state index in [1.165, 1.54) is 103 Å². The van der Waals surface area contributed by atoms with E-state index < -0.39 is 12.1 Å². The van der Waals surface area contributed by atoms with Crippen LogP contribution in [0.15, 0.2) is 97.2 Å². The number of unbranched alkanes of at least 4 members (excludes halogenated alkanes) is 21. The maximum absolute atomic E-state index is 12.7. The summed E-state index contributed by atoms with van der Waals surface area (Å²) in [5.74, 6) is -1.07. The Balaban J connectivity index is 4.51. The lowest BCUT2D eigenvalue weighted by Crippen LogP contribution is -2.30. The second kappa shape index (κ2) is 52.9. The topological polar surface area (TPSA) is 78.9 Å². The van der Waals surface area contributed by atoms with E-state index in [2.05, 4.69) is 106 Å². The molecule has 0 fully saturated rings. The lowest BCUT2D eigenvalue weighted by atomic mass is 10.1. The minimum Gasteiger partial charge on any atom is -0.462 e. The van der Waals surface area contributed by atoms with Gasteiger partial charge in [0.25, 0.3) is 0 Å². The van der Waals surface area contributed by atoms with Crippen molar-refractivity contribution in [3.05, 3.63) is 97.2 Å². The zero-order valence-corrected chi connectivity index (χ0v) is 42.2. The summed E-state index contributed by atoms with van der Waals surface area (Å²) in [6, 6.07) is 0. The Morgan fingerprint density at radius 3 is 1.08 bits per heavy atom. The van der Waals surface area contributed by atoms with Gasteiger partial charge in [0.05, 0.1) is 6.42 Å². The third-order valence-electron chi connectivity index (χ3n) is 11.1. The van der Waals surface area contributed by atoms with Gasteiger partial charge < -0.3 is 14.2 Å². The van der Waals surface area contributed by atoms with Crippen LogP contribution < -0.4 is 0 Å². The van der Waals surface area contributed by atoms with Crippen LogP contribution in [-0.2, 0) is 28.6 Å². The molecule has 6 nitrogen and oxygen atoms in total. The van der Waals surface area contributed by atoms with E-state index in [9.17, 15) is 14.4 Å². The standard InChI is InChI=1S/C59H98O6/c1-4-7-10-13-16-19-22-25-28-29-30-32-34-37-40-43-46-49-52-58(61)64-55-56(54-63-57(60)51-48-45-42-39-36-33-27-24-21-18-15-12-9-6-3)65-59(62)53-50-47-44-41-38-35-31-26-23-20-17-14-11-8-5-2/h8,11,15,17-18,20,24,26-29,31,38,41,47,50,56H,4-7,9-10,12-14,16,19,21-23,25,30,32-37,39-40,42-46,48-49,51-55H2,1-3H3/b11-8-,18-15-,20-17-,27-24-,29-28-,31-26-,41-38-,50-47-. The first-order valence-electron chi connectivity index (χ1n) is 26.7. The fourth-order valence-electron chi connectivity index (χ4n) is 7.06. The molecule has 0 aromatic carbocycles. The van der Waals surface area contributed by atoms with E-state index in [1.807, 2.05) is 6.08 Å². The average Bonchev–Trinajstić information content (AvgIpc) is 3.30. The van der Waals surface area contributed by atoms with Gasteiger partial charge in [0.15, 0.2) is 6.10 Å². The number of rotatable bonds is 47. The predicted molar refractivity (Wildman–Crippen MR) is 279 cm³/mol. The van der Waals surface area contributed by atoms with Crippen LogP contribution in [0.4, 0.5) is 0 Å². The Morgan fingerprint density at radius 2 is 0.662 bits per heavy atom. The van der Waals surface area contributed by atoms with Gasteiger partial charge in [0.2, 0.25) is 0 Å². The summed E-state index contributed by atoms with van der Waals surface area (Å²) < 4.78 is 16.7. The smallest absolute Gasteiger partial charge is 0.310 e. The van der Waals surface area contributed by atoms with E-state index >= 15 is 0 Å². The van der Waals surface area contributed by atoms with E-state index in [1.54, 1.807) is 6.08 Å². The molecule has 65 heavy (non-hydrogen) atoms. The van der Waals surface area contributed by atoms with Crippen molar-refractivity contribution in [2.24, 2.45) is 0 Å². The molecule has 1 unspecified atom stereocenters. The molecule has 0 saturated heterocycles. The maximum Gasteiger partial charge on any atom is 0.310 e.